The van der Waals surface area contributed by atoms with Crippen LogP contribution >= 0.6 is 0 Å². The van der Waals surface area contributed by atoms with Crippen molar-refractivity contribution < 1.29 is 28.3 Å². The molecule has 0 radical (unpaired) electrons. The third kappa shape index (κ3) is 4.97. The predicted molar refractivity (Wildman–Crippen MR) is 99.8 cm³/mol. The van der Waals surface area contributed by atoms with E-state index in [1.54, 1.807) is 12.1 Å². The molecule has 2 rings (SSSR count). The van der Waals surface area contributed by atoms with Gasteiger partial charge in [0.05, 0.1) is 13.4 Å². The third-order valence-electron chi connectivity index (χ3n) is 3.97. The number of hydrogen-bond donors (Lipinski definition) is 3. The highest BCUT2D eigenvalue weighted by molar-refractivity contribution is 6.07. The Balaban J connectivity index is 2.32. The Morgan fingerprint density at radius 3 is 2.11 bits per heavy atom. The lowest BCUT2D eigenvalue weighted by atomic mass is 10.0. The van der Waals surface area contributed by atoms with Gasteiger partial charge in [0, 0.05) is 37.3 Å². The summed E-state index contributed by atoms with van der Waals surface area (Å²) in [4.78, 5) is 48.7. The van der Waals surface area contributed by atoms with Crippen molar-refractivity contribution in [3.8, 4) is 0 Å². The van der Waals surface area contributed by atoms with Crippen LogP contribution in [-0.4, -0.2) is 44.9 Å². The van der Waals surface area contributed by atoms with Crippen LogP contribution in [0, 0.1) is 5.92 Å². The number of amides is 3. The highest BCUT2D eigenvalue weighted by Gasteiger charge is 2.29. The van der Waals surface area contributed by atoms with Crippen LogP contribution in [0.25, 0.3) is 0 Å². The molecule has 0 saturated heterocycles. The Bertz CT molecular complexity index is 842. The van der Waals surface area contributed by atoms with Gasteiger partial charge in [0.15, 0.2) is 0 Å². The van der Waals surface area contributed by atoms with Crippen LogP contribution in [-0.2, 0) is 20.7 Å². The molecule has 0 fully saturated rings. The minimum atomic E-state index is -1.16. The van der Waals surface area contributed by atoms with E-state index < -0.39 is 29.6 Å². The summed E-state index contributed by atoms with van der Waals surface area (Å²) in [5.74, 6) is -2.97. The smallest absolute Gasteiger partial charge is 0.318 e. The maximum absolute atomic E-state index is 12.7. The molecule has 0 aliphatic rings. The van der Waals surface area contributed by atoms with E-state index in [1.807, 2.05) is 0 Å². The second kappa shape index (κ2) is 9.36. The van der Waals surface area contributed by atoms with Crippen molar-refractivity contribution in [1.29, 1.82) is 0 Å². The van der Waals surface area contributed by atoms with Gasteiger partial charge >= 0.3 is 5.97 Å². The second-order valence-corrected chi connectivity index (χ2v) is 5.81. The average Bonchev–Trinajstić information content (AvgIpc) is 3.23. The molecule has 1 aromatic heterocycles. The number of ether oxygens (including phenoxy) is 1. The van der Waals surface area contributed by atoms with Crippen LogP contribution in [0.15, 0.2) is 41.0 Å². The van der Waals surface area contributed by atoms with Crippen molar-refractivity contribution in [1.82, 2.24) is 10.6 Å². The first kappa shape index (κ1) is 20.7. The number of nitrogens with one attached hydrogen (secondary N) is 3. The van der Waals surface area contributed by atoms with Crippen LogP contribution in [0.1, 0.15) is 26.5 Å². The van der Waals surface area contributed by atoms with E-state index in [-0.39, 0.29) is 23.2 Å². The summed E-state index contributed by atoms with van der Waals surface area (Å²) in [7, 11) is 4.08. The zero-order valence-corrected chi connectivity index (χ0v) is 15.7. The first-order chi connectivity index (χ1) is 13.4. The van der Waals surface area contributed by atoms with Gasteiger partial charge in [-0.3, -0.25) is 19.2 Å². The largest absolute Gasteiger partial charge is 0.469 e. The number of anilines is 1. The SMILES string of the molecule is CNC(=O)c1cc(NC(=O)C(Cc2ccco2)C(=O)OC)cc(C(=O)NC)c1. The fourth-order valence-corrected chi connectivity index (χ4v) is 2.54. The van der Waals surface area contributed by atoms with Crippen molar-refractivity contribution >= 4 is 29.4 Å². The van der Waals surface area contributed by atoms with Gasteiger partial charge in [-0.1, -0.05) is 0 Å². The summed E-state index contributed by atoms with van der Waals surface area (Å²) in [5.41, 5.74) is 0.553. The number of benzene rings is 1. The van der Waals surface area contributed by atoms with Gasteiger partial charge in [0.25, 0.3) is 11.8 Å². The highest BCUT2D eigenvalue weighted by Crippen LogP contribution is 2.19. The normalized spacial score (nSPS) is 11.2. The van der Waals surface area contributed by atoms with Crippen LogP contribution in [0.5, 0.6) is 0 Å². The van der Waals surface area contributed by atoms with Crippen molar-refractivity contribution in [3.63, 3.8) is 0 Å². The van der Waals surface area contributed by atoms with Crippen molar-refractivity contribution in [2.24, 2.45) is 5.92 Å². The Morgan fingerprint density at radius 1 is 1.04 bits per heavy atom. The monoisotopic (exact) mass is 387 g/mol. The van der Waals surface area contributed by atoms with E-state index in [0.29, 0.717) is 5.76 Å². The van der Waals surface area contributed by atoms with Crippen molar-refractivity contribution in [2.75, 3.05) is 26.5 Å². The molecule has 0 spiro atoms. The van der Waals surface area contributed by atoms with Crippen LogP contribution in [0.3, 0.4) is 0 Å². The molecule has 148 valence electrons. The van der Waals surface area contributed by atoms with Gasteiger partial charge in [-0.15, -0.1) is 0 Å². The molecular formula is C19H21N3O6. The van der Waals surface area contributed by atoms with E-state index in [9.17, 15) is 19.2 Å². The molecule has 0 aliphatic heterocycles. The zero-order valence-electron chi connectivity index (χ0n) is 15.7. The van der Waals surface area contributed by atoms with Crippen molar-refractivity contribution in [3.05, 3.63) is 53.5 Å². The van der Waals surface area contributed by atoms with Gasteiger partial charge < -0.3 is 25.1 Å². The molecule has 1 aromatic carbocycles. The molecule has 3 amide bonds. The quantitative estimate of drug-likeness (QED) is 0.480. The minimum absolute atomic E-state index is 0.00292. The molecule has 0 aliphatic carbocycles. The Hall–Kier alpha value is -3.62. The number of furan rings is 1. The highest BCUT2D eigenvalue weighted by atomic mass is 16.5. The van der Waals surface area contributed by atoms with E-state index in [4.69, 9.17) is 9.15 Å². The number of carbonyl (C=O) groups excluding carboxylic acids is 4. The standard InChI is InChI=1S/C19H21N3O6/c1-20-16(23)11-7-12(17(24)21-2)9-13(8-11)22-18(25)15(19(26)27-3)10-14-5-4-6-28-14/h4-9,15H,10H2,1-3H3,(H,20,23)(H,21,24)(H,22,25). The summed E-state index contributed by atoms with van der Waals surface area (Å²) < 4.78 is 9.90. The van der Waals surface area contributed by atoms with Gasteiger partial charge in [-0.05, 0) is 30.3 Å². The molecule has 28 heavy (non-hydrogen) atoms. The average molecular weight is 387 g/mol. The molecule has 0 saturated carbocycles. The van der Waals surface area contributed by atoms with Crippen LogP contribution in [0.2, 0.25) is 0 Å². The Labute approximate surface area is 161 Å². The van der Waals surface area contributed by atoms with Crippen LogP contribution in [0.4, 0.5) is 5.69 Å². The molecule has 1 atom stereocenters. The lowest BCUT2D eigenvalue weighted by Crippen LogP contribution is -2.32. The maximum atomic E-state index is 12.7. The molecule has 9 nitrogen and oxygen atoms in total. The van der Waals surface area contributed by atoms with E-state index in [1.165, 1.54) is 45.7 Å². The number of rotatable bonds is 7. The fraction of sp³-hybridized carbons (Fsp3) is 0.263. The molecule has 2 aromatic rings. The lowest BCUT2D eigenvalue weighted by molar-refractivity contribution is -0.148. The third-order valence-corrected chi connectivity index (χ3v) is 3.97. The Morgan fingerprint density at radius 2 is 1.64 bits per heavy atom. The minimum Gasteiger partial charge on any atom is -0.469 e. The first-order valence-corrected chi connectivity index (χ1v) is 8.40. The maximum Gasteiger partial charge on any atom is 0.318 e. The van der Waals surface area contributed by atoms with E-state index in [2.05, 4.69) is 16.0 Å². The summed E-state index contributed by atoms with van der Waals surface area (Å²) in [5, 5.41) is 7.48. The predicted octanol–water partition coefficient (Wildman–Crippen LogP) is 0.969. The summed E-state index contributed by atoms with van der Waals surface area (Å²) in [6.45, 7) is 0. The molecule has 0 bridgehead atoms. The molecular weight excluding hydrogens is 366 g/mol. The second-order valence-electron chi connectivity index (χ2n) is 5.81. The number of hydrogen-bond acceptors (Lipinski definition) is 6. The lowest BCUT2D eigenvalue weighted by Gasteiger charge is -2.15. The fourth-order valence-electron chi connectivity index (χ4n) is 2.54. The van der Waals surface area contributed by atoms with Gasteiger partial charge in [0.2, 0.25) is 5.91 Å². The Kier molecular flexibility index (Phi) is 6.91. The molecule has 9 heteroatoms. The molecule has 1 unspecified atom stereocenters. The summed E-state index contributed by atoms with van der Waals surface area (Å²) >= 11 is 0. The van der Waals surface area contributed by atoms with Crippen molar-refractivity contribution in [2.45, 2.75) is 6.42 Å². The van der Waals surface area contributed by atoms with Gasteiger partial charge in [-0.2, -0.15) is 0 Å². The number of esters is 1. The topological polar surface area (TPSA) is 127 Å². The summed E-state index contributed by atoms with van der Waals surface area (Å²) in [6.07, 6.45) is 1.44. The number of methoxy groups -OCH3 is 1. The van der Waals surface area contributed by atoms with Gasteiger partial charge in [-0.25, -0.2) is 0 Å². The zero-order chi connectivity index (χ0) is 20.7. The summed E-state index contributed by atoms with van der Waals surface area (Å²) in [6, 6.07) is 7.49. The number of carbonyl (C=O) groups is 4. The first-order valence-electron chi connectivity index (χ1n) is 8.40. The van der Waals surface area contributed by atoms with E-state index in [0.717, 1.165) is 0 Å². The van der Waals surface area contributed by atoms with Crippen LogP contribution < -0.4 is 16.0 Å². The van der Waals surface area contributed by atoms with E-state index >= 15 is 0 Å². The molecule has 3 N–H and O–H groups in total. The van der Waals surface area contributed by atoms with Gasteiger partial charge in [0.1, 0.15) is 11.7 Å². The molecule has 1 heterocycles.